The van der Waals surface area contributed by atoms with Crippen LogP contribution in [0.15, 0.2) is 0 Å². The minimum Gasteiger partial charge on any atom is -0.481 e. The summed E-state index contributed by atoms with van der Waals surface area (Å²) >= 11 is 0. The number of ether oxygens (including phenoxy) is 1. The smallest absolute Gasteiger partial charge is 0.407 e. The van der Waals surface area contributed by atoms with Crippen LogP contribution in [0.3, 0.4) is 0 Å². The van der Waals surface area contributed by atoms with E-state index < -0.39 is 12.1 Å². The number of cyclic esters (lactones) is 1. The first-order valence-corrected chi connectivity index (χ1v) is 3.83. The number of rotatable bonds is 2. The summed E-state index contributed by atoms with van der Waals surface area (Å²) in [4.78, 5) is 20.4. The van der Waals surface area contributed by atoms with Gasteiger partial charge in [0.2, 0.25) is 0 Å². The first-order chi connectivity index (χ1) is 5.68. The van der Waals surface area contributed by atoms with Crippen LogP contribution in [0.2, 0.25) is 0 Å². The highest BCUT2D eigenvalue weighted by atomic mass is 16.6. The molecule has 0 aromatic carbocycles. The lowest BCUT2D eigenvalue weighted by Gasteiger charge is -1.99. The number of hydrogen-bond acceptors (Lipinski definition) is 3. The van der Waals surface area contributed by atoms with Gasteiger partial charge in [-0.2, -0.15) is 0 Å². The van der Waals surface area contributed by atoms with Crippen molar-refractivity contribution in [1.29, 1.82) is 0 Å². The van der Waals surface area contributed by atoms with Crippen molar-refractivity contribution in [2.24, 2.45) is 0 Å². The molecule has 1 heterocycles. The fourth-order valence-electron chi connectivity index (χ4n) is 0.747. The van der Waals surface area contributed by atoms with Gasteiger partial charge in [-0.1, -0.05) is 13.8 Å². The van der Waals surface area contributed by atoms with Crippen LogP contribution in [-0.4, -0.2) is 29.8 Å². The molecule has 0 bridgehead atoms. The van der Waals surface area contributed by atoms with Crippen molar-refractivity contribution in [2.75, 3.05) is 6.61 Å². The maximum atomic E-state index is 10.3. The molecule has 12 heavy (non-hydrogen) atoms. The van der Waals surface area contributed by atoms with Gasteiger partial charge < -0.3 is 15.2 Å². The number of nitrogens with one attached hydrogen (secondary N) is 1. The van der Waals surface area contributed by atoms with Gasteiger partial charge in [0.05, 0.1) is 12.5 Å². The molecule has 0 unspecified atom stereocenters. The molecule has 1 rings (SSSR count). The van der Waals surface area contributed by atoms with Crippen molar-refractivity contribution >= 4 is 12.1 Å². The number of alkyl carbamates (subject to hydrolysis) is 1. The van der Waals surface area contributed by atoms with E-state index in [0.29, 0.717) is 0 Å². The van der Waals surface area contributed by atoms with Crippen molar-refractivity contribution in [3.05, 3.63) is 0 Å². The molecular weight excluding hydrogens is 162 g/mol. The van der Waals surface area contributed by atoms with Crippen molar-refractivity contribution in [1.82, 2.24) is 5.32 Å². The minimum atomic E-state index is -0.934. The average molecular weight is 175 g/mol. The van der Waals surface area contributed by atoms with Crippen LogP contribution in [0, 0.1) is 0 Å². The molecule has 2 N–H and O–H groups in total. The zero-order chi connectivity index (χ0) is 9.56. The highest BCUT2D eigenvalue weighted by molar-refractivity contribution is 5.73. The predicted octanol–water partition coefficient (Wildman–Crippen LogP) is 0.596. The van der Waals surface area contributed by atoms with Crippen LogP contribution >= 0.6 is 0 Å². The molecule has 1 aliphatic rings. The zero-order valence-corrected chi connectivity index (χ0v) is 7.16. The molecule has 1 fully saturated rings. The fourth-order valence-corrected chi connectivity index (χ4v) is 0.747. The van der Waals surface area contributed by atoms with E-state index in [9.17, 15) is 9.59 Å². The summed E-state index contributed by atoms with van der Waals surface area (Å²) in [6.45, 7) is 4.16. The van der Waals surface area contributed by atoms with Gasteiger partial charge in [0.1, 0.15) is 6.61 Å². The largest absolute Gasteiger partial charge is 0.481 e. The number of carboxylic acids is 1. The number of aliphatic carboxylic acids is 1. The third kappa shape index (κ3) is 3.80. The molecular formula is C7H13NO4. The van der Waals surface area contributed by atoms with Gasteiger partial charge in [0.15, 0.2) is 0 Å². The van der Waals surface area contributed by atoms with E-state index in [2.05, 4.69) is 10.1 Å². The Balaban J connectivity index is 0.000000561. The van der Waals surface area contributed by atoms with E-state index in [1.54, 1.807) is 0 Å². The zero-order valence-electron chi connectivity index (χ0n) is 7.16. The Kier molecular flexibility index (Phi) is 4.83. The molecule has 5 heteroatoms. The van der Waals surface area contributed by atoms with Gasteiger partial charge in [0.25, 0.3) is 0 Å². The molecule has 0 radical (unpaired) electrons. The van der Waals surface area contributed by atoms with Crippen molar-refractivity contribution in [2.45, 2.75) is 26.3 Å². The van der Waals surface area contributed by atoms with Crippen LogP contribution in [0.1, 0.15) is 20.3 Å². The normalized spacial score (nSPS) is 20.2. The third-order valence-corrected chi connectivity index (χ3v) is 1.16. The fraction of sp³-hybridized carbons (Fsp3) is 0.714. The first kappa shape index (κ1) is 10.7. The van der Waals surface area contributed by atoms with Crippen molar-refractivity contribution < 1.29 is 19.4 Å². The first-order valence-electron chi connectivity index (χ1n) is 3.83. The van der Waals surface area contributed by atoms with Crippen molar-refractivity contribution in [3.8, 4) is 0 Å². The summed E-state index contributed by atoms with van der Waals surface area (Å²) in [6, 6.07) is -0.356. The molecule has 0 spiro atoms. The monoisotopic (exact) mass is 175 g/mol. The Morgan fingerprint density at radius 1 is 1.75 bits per heavy atom. The number of amides is 1. The highest BCUT2D eigenvalue weighted by Crippen LogP contribution is 2.00. The van der Waals surface area contributed by atoms with E-state index >= 15 is 0 Å². The second kappa shape index (κ2) is 5.40. The molecule has 70 valence electrons. The molecule has 5 nitrogen and oxygen atoms in total. The van der Waals surface area contributed by atoms with E-state index in [1.165, 1.54) is 0 Å². The van der Waals surface area contributed by atoms with Gasteiger partial charge >= 0.3 is 12.1 Å². The van der Waals surface area contributed by atoms with E-state index in [4.69, 9.17) is 5.11 Å². The van der Waals surface area contributed by atoms with Gasteiger partial charge in [-0.05, 0) is 0 Å². The van der Waals surface area contributed by atoms with Crippen LogP contribution in [-0.2, 0) is 9.53 Å². The summed E-state index contributed by atoms with van der Waals surface area (Å²) in [5.74, 6) is -0.934. The standard InChI is InChI=1S/C5H7NO4.C2H6/c7-4(8)1-3-2-10-5(9)6-3;1-2/h3H,1-2H2,(H,6,9)(H,7,8);1-2H3/t3-;/m1./s1. The molecule has 0 aromatic heterocycles. The second-order valence-electron chi connectivity index (χ2n) is 2.04. The van der Waals surface area contributed by atoms with Crippen LogP contribution < -0.4 is 5.32 Å². The number of carboxylic acid groups (broad SMARTS) is 1. The van der Waals surface area contributed by atoms with Crippen molar-refractivity contribution in [3.63, 3.8) is 0 Å². The Labute approximate surface area is 70.7 Å². The lowest BCUT2D eigenvalue weighted by Crippen LogP contribution is -2.28. The summed E-state index contributed by atoms with van der Waals surface area (Å²) in [5, 5.41) is 10.6. The van der Waals surface area contributed by atoms with E-state index in [1.807, 2.05) is 13.8 Å². The highest BCUT2D eigenvalue weighted by Gasteiger charge is 2.23. The van der Waals surface area contributed by atoms with Crippen LogP contribution in [0.25, 0.3) is 0 Å². The molecule has 0 aliphatic carbocycles. The number of hydrogen-bond donors (Lipinski definition) is 2. The maximum absolute atomic E-state index is 10.3. The Morgan fingerprint density at radius 3 is 2.67 bits per heavy atom. The van der Waals surface area contributed by atoms with Gasteiger partial charge in [0, 0.05) is 0 Å². The van der Waals surface area contributed by atoms with Crippen LogP contribution in [0.5, 0.6) is 0 Å². The quantitative estimate of drug-likeness (QED) is 0.644. The van der Waals surface area contributed by atoms with E-state index in [0.717, 1.165) is 0 Å². The Bertz CT molecular complexity index is 169. The van der Waals surface area contributed by atoms with Gasteiger partial charge in [-0.25, -0.2) is 4.79 Å². The molecule has 1 saturated heterocycles. The topological polar surface area (TPSA) is 75.6 Å². The summed E-state index contributed by atoms with van der Waals surface area (Å²) < 4.78 is 4.45. The van der Waals surface area contributed by atoms with Gasteiger partial charge in [-0.15, -0.1) is 0 Å². The maximum Gasteiger partial charge on any atom is 0.407 e. The molecule has 1 amide bonds. The molecule has 1 atom stereocenters. The van der Waals surface area contributed by atoms with Crippen LogP contribution in [0.4, 0.5) is 4.79 Å². The lowest BCUT2D eigenvalue weighted by molar-refractivity contribution is -0.137. The van der Waals surface area contributed by atoms with E-state index in [-0.39, 0.29) is 19.1 Å². The summed E-state index contributed by atoms with van der Waals surface area (Å²) in [7, 11) is 0. The molecule has 0 saturated carbocycles. The number of carbonyl (C=O) groups excluding carboxylic acids is 1. The summed E-state index contributed by atoms with van der Waals surface area (Å²) in [5.41, 5.74) is 0. The number of carbonyl (C=O) groups is 2. The average Bonchev–Trinajstić information content (AvgIpc) is 2.39. The third-order valence-electron chi connectivity index (χ3n) is 1.16. The SMILES string of the molecule is CC.O=C(O)C[C@@H]1COC(=O)N1. The molecule has 1 aliphatic heterocycles. The minimum absolute atomic E-state index is 0.0776. The molecule has 0 aromatic rings. The summed E-state index contributed by atoms with van der Waals surface area (Å²) in [6.07, 6.45) is -0.614. The Hall–Kier alpha value is -1.26. The Morgan fingerprint density at radius 2 is 2.33 bits per heavy atom. The lowest BCUT2D eigenvalue weighted by atomic mass is 10.2. The predicted molar refractivity (Wildman–Crippen MR) is 41.9 cm³/mol. The van der Waals surface area contributed by atoms with Gasteiger partial charge in [-0.3, -0.25) is 4.79 Å². The second-order valence-corrected chi connectivity index (χ2v) is 2.04.